The summed E-state index contributed by atoms with van der Waals surface area (Å²) in [6, 6.07) is 15.2. The quantitative estimate of drug-likeness (QED) is 0.592. The lowest BCUT2D eigenvalue weighted by atomic mass is 9.81. The summed E-state index contributed by atoms with van der Waals surface area (Å²) < 4.78 is 17.8. The van der Waals surface area contributed by atoms with Crippen LogP contribution in [0.25, 0.3) is 11.0 Å². The van der Waals surface area contributed by atoms with Crippen LogP contribution in [-0.4, -0.2) is 5.79 Å². The molecule has 4 nitrogen and oxygen atoms in total. The van der Waals surface area contributed by atoms with Crippen LogP contribution in [0.4, 0.5) is 0 Å². The second-order valence-electron chi connectivity index (χ2n) is 6.26. The second kappa shape index (κ2) is 4.16. The van der Waals surface area contributed by atoms with Gasteiger partial charge in [0.25, 0.3) is 0 Å². The zero-order valence-electron chi connectivity index (χ0n) is 12.5. The fraction of sp³-hybridized carbons (Fsp3) is 0.211. The van der Waals surface area contributed by atoms with Crippen molar-refractivity contribution in [1.82, 2.24) is 0 Å². The average molecular weight is 306 g/mol. The minimum atomic E-state index is -0.775. The van der Waals surface area contributed by atoms with Gasteiger partial charge in [0, 0.05) is 24.8 Å². The number of ether oxygens (including phenoxy) is 2. The Labute approximate surface area is 132 Å². The van der Waals surface area contributed by atoms with E-state index in [1.807, 2.05) is 49.4 Å². The van der Waals surface area contributed by atoms with Gasteiger partial charge in [-0.3, -0.25) is 0 Å². The summed E-state index contributed by atoms with van der Waals surface area (Å²) in [4.78, 5) is 12.6. The van der Waals surface area contributed by atoms with E-state index in [1.165, 1.54) is 0 Å². The lowest BCUT2D eigenvalue weighted by Gasteiger charge is -2.43. The Morgan fingerprint density at radius 3 is 2.74 bits per heavy atom. The summed E-state index contributed by atoms with van der Waals surface area (Å²) in [6.07, 6.45) is 0.597. The molecule has 2 aromatic carbocycles. The molecule has 0 spiro atoms. The van der Waals surface area contributed by atoms with Crippen LogP contribution in [0.2, 0.25) is 0 Å². The van der Waals surface area contributed by atoms with Crippen molar-refractivity contribution in [2.45, 2.75) is 25.0 Å². The maximum atomic E-state index is 12.6. The van der Waals surface area contributed by atoms with Gasteiger partial charge in [-0.25, -0.2) is 4.79 Å². The number of para-hydroxylation sites is 2. The molecule has 0 fully saturated rings. The van der Waals surface area contributed by atoms with Crippen LogP contribution in [0.3, 0.4) is 0 Å². The van der Waals surface area contributed by atoms with Crippen LogP contribution in [0.5, 0.6) is 11.5 Å². The van der Waals surface area contributed by atoms with E-state index in [9.17, 15) is 4.79 Å². The minimum Gasteiger partial charge on any atom is -0.452 e. The molecular weight excluding hydrogens is 292 g/mol. The molecule has 3 heterocycles. The lowest BCUT2D eigenvalue weighted by Crippen LogP contribution is -2.48. The Morgan fingerprint density at radius 1 is 1.04 bits per heavy atom. The first-order chi connectivity index (χ1) is 11.1. The van der Waals surface area contributed by atoms with Crippen molar-refractivity contribution in [3.05, 3.63) is 70.1 Å². The van der Waals surface area contributed by atoms with Gasteiger partial charge in [-0.1, -0.05) is 30.3 Å². The van der Waals surface area contributed by atoms with E-state index in [4.69, 9.17) is 13.9 Å². The van der Waals surface area contributed by atoms with Crippen molar-refractivity contribution in [2.75, 3.05) is 0 Å². The van der Waals surface area contributed by atoms with E-state index in [2.05, 4.69) is 0 Å². The molecule has 2 aliphatic heterocycles. The fourth-order valence-electron chi connectivity index (χ4n) is 3.70. The highest BCUT2D eigenvalue weighted by atomic mass is 16.7. The highest BCUT2D eigenvalue weighted by Crippen LogP contribution is 2.51. The molecule has 2 aliphatic rings. The summed E-state index contributed by atoms with van der Waals surface area (Å²) in [6.45, 7) is 1.92. The molecule has 0 saturated carbocycles. The van der Waals surface area contributed by atoms with E-state index >= 15 is 0 Å². The Hall–Kier alpha value is -2.75. The SMILES string of the molecule is C[C@@]12C[C@@H](c3ccccc3O1)c1c(c3ccccc3oc1=O)O2. The number of rotatable bonds is 0. The second-order valence-corrected chi connectivity index (χ2v) is 6.26. The molecule has 3 aromatic rings. The topological polar surface area (TPSA) is 48.7 Å². The highest BCUT2D eigenvalue weighted by Gasteiger charge is 2.47. The average Bonchev–Trinajstić information content (AvgIpc) is 2.54. The molecule has 0 saturated heterocycles. The summed E-state index contributed by atoms with van der Waals surface area (Å²) >= 11 is 0. The predicted octanol–water partition coefficient (Wildman–Crippen LogP) is 3.82. The van der Waals surface area contributed by atoms with Crippen molar-refractivity contribution in [3.8, 4) is 11.5 Å². The zero-order valence-corrected chi connectivity index (χ0v) is 12.5. The van der Waals surface area contributed by atoms with Crippen molar-refractivity contribution in [3.63, 3.8) is 0 Å². The zero-order chi connectivity index (χ0) is 15.6. The van der Waals surface area contributed by atoms with E-state index in [-0.39, 0.29) is 11.5 Å². The number of benzene rings is 2. The van der Waals surface area contributed by atoms with E-state index in [1.54, 1.807) is 6.07 Å². The van der Waals surface area contributed by atoms with E-state index < -0.39 is 5.79 Å². The van der Waals surface area contributed by atoms with Gasteiger partial charge in [-0.05, 0) is 18.2 Å². The van der Waals surface area contributed by atoms with Crippen LogP contribution in [0.15, 0.2) is 57.7 Å². The van der Waals surface area contributed by atoms with Gasteiger partial charge in [-0.2, -0.15) is 0 Å². The number of hydrogen-bond donors (Lipinski definition) is 0. The fourth-order valence-corrected chi connectivity index (χ4v) is 3.70. The largest absolute Gasteiger partial charge is 0.452 e. The third-order valence-corrected chi connectivity index (χ3v) is 4.66. The predicted molar refractivity (Wildman–Crippen MR) is 85.0 cm³/mol. The van der Waals surface area contributed by atoms with Crippen LogP contribution in [0.1, 0.15) is 30.4 Å². The molecule has 0 N–H and O–H groups in total. The third kappa shape index (κ3) is 1.69. The molecule has 2 bridgehead atoms. The van der Waals surface area contributed by atoms with Crippen LogP contribution in [-0.2, 0) is 0 Å². The van der Waals surface area contributed by atoms with Gasteiger partial charge >= 0.3 is 5.63 Å². The molecule has 23 heavy (non-hydrogen) atoms. The van der Waals surface area contributed by atoms with Gasteiger partial charge in [0.05, 0.1) is 10.9 Å². The maximum absolute atomic E-state index is 12.6. The van der Waals surface area contributed by atoms with Gasteiger partial charge < -0.3 is 13.9 Å². The molecule has 5 rings (SSSR count). The number of fused-ring (bicyclic) bond motifs is 8. The van der Waals surface area contributed by atoms with Crippen molar-refractivity contribution in [2.24, 2.45) is 0 Å². The van der Waals surface area contributed by atoms with E-state index in [0.29, 0.717) is 23.3 Å². The molecule has 0 amide bonds. The van der Waals surface area contributed by atoms with Crippen LogP contribution in [0, 0.1) is 0 Å². The van der Waals surface area contributed by atoms with Gasteiger partial charge in [-0.15, -0.1) is 0 Å². The molecule has 2 atom stereocenters. The molecule has 0 radical (unpaired) electrons. The van der Waals surface area contributed by atoms with Crippen molar-refractivity contribution >= 4 is 11.0 Å². The lowest BCUT2D eigenvalue weighted by molar-refractivity contribution is -0.124. The van der Waals surface area contributed by atoms with E-state index in [0.717, 1.165) is 16.7 Å². The van der Waals surface area contributed by atoms with Crippen molar-refractivity contribution in [1.29, 1.82) is 0 Å². The van der Waals surface area contributed by atoms with Crippen molar-refractivity contribution < 1.29 is 13.9 Å². The summed E-state index contributed by atoms with van der Waals surface area (Å²) in [5.41, 5.74) is 1.81. The summed E-state index contributed by atoms with van der Waals surface area (Å²) in [5, 5.41) is 0.806. The maximum Gasteiger partial charge on any atom is 0.343 e. The summed E-state index contributed by atoms with van der Waals surface area (Å²) in [7, 11) is 0. The standard InChI is InChI=1S/C19H14O4/c1-19-10-13(11-6-2-5-9-15(11)22-19)16-17(23-19)12-7-3-4-8-14(12)21-18(16)20/h2-9,13H,10H2,1H3/t13-,19+/m0/s1. The van der Waals surface area contributed by atoms with Crippen LogP contribution < -0.4 is 15.1 Å². The van der Waals surface area contributed by atoms with Crippen LogP contribution >= 0.6 is 0 Å². The van der Waals surface area contributed by atoms with Gasteiger partial charge in [0.1, 0.15) is 17.1 Å². The molecule has 114 valence electrons. The minimum absolute atomic E-state index is 0.0745. The Balaban J connectivity index is 1.88. The summed E-state index contributed by atoms with van der Waals surface area (Å²) in [5.74, 6) is 0.506. The first kappa shape index (κ1) is 12.8. The van der Waals surface area contributed by atoms with Gasteiger partial charge in [0.15, 0.2) is 0 Å². The Kier molecular flexibility index (Phi) is 2.31. The Morgan fingerprint density at radius 2 is 1.83 bits per heavy atom. The highest BCUT2D eigenvalue weighted by molar-refractivity contribution is 5.85. The molecular formula is C19H14O4. The first-order valence-corrected chi connectivity index (χ1v) is 7.67. The van der Waals surface area contributed by atoms with Gasteiger partial charge in [0.2, 0.25) is 5.79 Å². The molecule has 0 aliphatic carbocycles. The Bertz CT molecular complexity index is 1000. The monoisotopic (exact) mass is 306 g/mol. The normalized spacial score (nSPS) is 24.3. The number of hydrogen-bond acceptors (Lipinski definition) is 4. The smallest absolute Gasteiger partial charge is 0.343 e. The third-order valence-electron chi connectivity index (χ3n) is 4.66. The molecule has 4 heteroatoms. The molecule has 1 aromatic heterocycles. The molecule has 0 unspecified atom stereocenters. The first-order valence-electron chi connectivity index (χ1n) is 7.67.